The van der Waals surface area contributed by atoms with Crippen LogP contribution in [0.1, 0.15) is 41.9 Å². The molecule has 1 aromatic carbocycles. The molecule has 92 valence electrons. The maximum atomic E-state index is 5.53. The molecule has 0 saturated heterocycles. The highest BCUT2D eigenvalue weighted by atomic mass is 16.5. The monoisotopic (exact) mass is 231 g/mol. The van der Waals surface area contributed by atoms with Crippen LogP contribution in [-0.4, -0.2) is 20.2 Å². The molecule has 2 nitrogen and oxygen atoms in total. The zero-order valence-electron chi connectivity index (χ0n) is 10.8. The molecule has 1 N–H and O–H groups in total. The Morgan fingerprint density at radius 2 is 2.12 bits per heavy atom. The van der Waals surface area contributed by atoms with Gasteiger partial charge in [-0.25, -0.2) is 0 Å². The van der Waals surface area contributed by atoms with Crippen LogP contribution in [0.25, 0.3) is 0 Å². The van der Waals surface area contributed by atoms with Gasteiger partial charge in [-0.3, -0.25) is 0 Å². The molecule has 17 heavy (non-hydrogen) atoms. The summed E-state index contributed by atoms with van der Waals surface area (Å²) >= 11 is 0. The number of methoxy groups -OCH3 is 1. The molecule has 0 amide bonds. The minimum atomic E-state index is 0.661. The third-order valence-corrected chi connectivity index (χ3v) is 4.52. The van der Waals surface area contributed by atoms with Crippen LogP contribution < -0.4 is 10.1 Å². The van der Waals surface area contributed by atoms with E-state index in [1.807, 2.05) is 0 Å². The summed E-state index contributed by atoms with van der Waals surface area (Å²) in [6, 6.07) is 5.10. The van der Waals surface area contributed by atoms with Gasteiger partial charge in [-0.05, 0) is 67.8 Å². The van der Waals surface area contributed by atoms with Gasteiger partial charge in [-0.15, -0.1) is 0 Å². The van der Waals surface area contributed by atoms with Crippen molar-refractivity contribution in [3.8, 4) is 5.75 Å². The topological polar surface area (TPSA) is 21.3 Å². The van der Waals surface area contributed by atoms with E-state index in [0.29, 0.717) is 12.0 Å². The zero-order chi connectivity index (χ0) is 11.8. The van der Waals surface area contributed by atoms with Gasteiger partial charge in [0.1, 0.15) is 5.75 Å². The van der Waals surface area contributed by atoms with E-state index < -0.39 is 0 Å². The van der Waals surface area contributed by atoms with Crippen LogP contribution in [0.5, 0.6) is 5.75 Å². The van der Waals surface area contributed by atoms with E-state index in [-0.39, 0.29) is 0 Å². The first-order valence-corrected chi connectivity index (χ1v) is 6.71. The first kappa shape index (κ1) is 11.1. The van der Waals surface area contributed by atoms with Crippen molar-refractivity contribution in [2.75, 3.05) is 14.2 Å². The highest BCUT2D eigenvalue weighted by molar-refractivity contribution is 5.50. The lowest BCUT2D eigenvalue weighted by Gasteiger charge is -2.38. The number of rotatable bonds is 2. The van der Waals surface area contributed by atoms with E-state index in [2.05, 4.69) is 24.5 Å². The molecule has 0 unspecified atom stereocenters. The summed E-state index contributed by atoms with van der Waals surface area (Å²) < 4.78 is 5.53. The van der Waals surface area contributed by atoms with E-state index in [4.69, 9.17) is 4.74 Å². The Kier molecular flexibility index (Phi) is 2.83. The van der Waals surface area contributed by atoms with Gasteiger partial charge >= 0.3 is 0 Å². The maximum Gasteiger partial charge on any atom is 0.122 e. The average molecular weight is 231 g/mol. The van der Waals surface area contributed by atoms with Gasteiger partial charge in [-0.2, -0.15) is 0 Å². The number of hydrogen-bond acceptors (Lipinski definition) is 2. The predicted octanol–water partition coefficient (Wildman–Crippen LogP) is 2.65. The summed E-state index contributed by atoms with van der Waals surface area (Å²) in [4.78, 5) is 0. The smallest absolute Gasteiger partial charge is 0.122 e. The molecule has 2 atom stereocenters. The minimum absolute atomic E-state index is 0.661. The quantitative estimate of drug-likeness (QED) is 0.845. The molecule has 0 spiro atoms. The van der Waals surface area contributed by atoms with Crippen molar-refractivity contribution in [2.45, 2.75) is 44.1 Å². The third kappa shape index (κ3) is 1.66. The second-order valence-corrected chi connectivity index (χ2v) is 5.25. The lowest BCUT2D eigenvalue weighted by atomic mass is 9.71. The maximum absolute atomic E-state index is 5.53. The Hall–Kier alpha value is -1.02. The van der Waals surface area contributed by atoms with Crippen LogP contribution in [0.15, 0.2) is 12.1 Å². The Bertz CT molecular complexity index is 427. The van der Waals surface area contributed by atoms with E-state index in [9.17, 15) is 0 Å². The van der Waals surface area contributed by atoms with Crippen molar-refractivity contribution >= 4 is 0 Å². The van der Waals surface area contributed by atoms with Crippen LogP contribution in [0, 0.1) is 0 Å². The summed E-state index contributed by atoms with van der Waals surface area (Å²) in [7, 11) is 3.89. The number of nitrogens with one attached hydrogen (secondary N) is 1. The fourth-order valence-electron chi connectivity index (χ4n) is 3.73. The zero-order valence-corrected chi connectivity index (χ0v) is 10.8. The summed E-state index contributed by atoms with van der Waals surface area (Å²) in [6.07, 6.45) is 6.32. The largest absolute Gasteiger partial charge is 0.496 e. The molecule has 0 aliphatic heterocycles. The molecule has 1 aromatic rings. The molecule has 2 aliphatic rings. The van der Waals surface area contributed by atoms with Gasteiger partial charge in [-0.1, -0.05) is 6.07 Å². The van der Waals surface area contributed by atoms with Crippen LogP contribution in [0.4, 0.5) is 0 Å². The van der Waals surface area contributed by atoms with Gasteiger partial charge in [0.2, 0.25) is 0 Å². The lowest BCUT2D eigenvalue weighted by Crippen LogP contribution is -2.38. The number of ether oxygens (including phenoxy) is 1. The highest BCUT2D eigenvalue weighted by Crippen LogP contribution is 2.44. The standard InChI is InChI=1S/C15H21NO/c1-16-13-8-6-10-7-9-14(17-2)12-5-3-4-11(13)15(10)12/h7,9,11,13,16H,3-6,8H2,1-2H3/t11-,13+/m1/s1. The number of benzene rings is 1. The van der Waals surface area contributed by atoms with Crippen LogP contribution in [0.3, 0.4) is 0 Å². The van der Waals surface area contributed by atoms with E-state index in [1.54, 1.807) is 18.2 Å². The van der Waals surface area contributed by atoms with Crippen molar-refractivity contribution < 1.29 is 4.74 Å². The van der Waals surface area contributed by atoms with Crippen molar-refractivity contribution in [1.29, 1.82) is 0 Å². The van der Waals surface area contributed by atoms with Crippen molar-refractivity contribution in [1.82, 2.24) is 5.32 Å². The molecule has 0 aromatic heterocycles. The van der Waals surface area contributed by atoms with E-state index >= 15 is 0 Å². The van der Waals surface area contributed by atoms with Crippen LogP contribution in [-0.2, 0) is 12.8 Å². The summed E-state index contributed by atoms with van der Waals surface area (Å²) in [5.74, 6) is 1.81. The fourth-order valence-corrected chi connectivity index (χ4v) is 3.73. The van der Waals surface area contributed by atoms with E-state index in [0.717, 1.165) is 5.75 Å². The second kappa shape index (κ2) is 4.34. The normalized spacial score (nSPS) is 26.5. The van der Waals surface area contributed by atoms with Crippen LogP contribution >= 0.6 is 0 Å². The number of hydrogen-bond donors (Lipinski definition) is 1. The first-order chi connectivity index (χ1) is 8.35. The summed E-state index contributed by atoms with van der Waals surface area (Å²) in [5.41, 5.74) is 4.67. The molecular weight excluding hydrogens is 210 g/mol. The van der Waals surface area contributed by atoms with Gasteiger partial charge in [0, 0.05) is 6.04 Å². The Balaban J connectivity index is 2.12. The lowest BCUT2D eigenvalue weighted by molar-refractivity contribution is 0.358. The molecule has 2 aliphatic carbocycles. The SMILES string of the molecule is CN[C@H]1CCc2ccc(OC)c3c2[C@@H]1CCC3. The Morgan fingerprint density at radius 1 is 1.24 bits per heavy atom. The molecule has 3 rings (SSSR count). The molecule has 2 heteroatoms. The Morgan fingerprint density at radius 3 is 2.88 bits per heavy atom. The van der Waals surface area contributed by atoms with Gasteiger partial charge < -0.3 is 10.1 Å². The molecule has 0 radical (unpaired) electrons. The van der Waals surface area contributed by atoms with Crippen LogP contribution in [0.2, 0.25) is 0 Å². The third-order valence-electron chi connectivity index (χ3n) is 4.52. The summed E-state index contributed by atoms with van der Waals surface area (Å²) in [5, 5.41) is 3.50. The Labute approximate surface area is 103 Å². The fraction of sp³-hybridized carbons (Fsp3) is 0.600. The molecule has 0 fully saturated rings. The molecule has 0 heterocycles. The van der Waals surface area contributed by atoms with Crippen molar-refractivity contribution in [2.24, 2.45) is 0 Å². The highest BCUT2D eigenvalue weighted by Gasteiger charge is 2.33. The second-order valence-electron chi connectivity index (χ2n) is 5.25. The average Bonchev–Trinajstić information content (AvgIpc) is 2.40. The first-order valence-electron chi connectivity index (χ1n) is 6.71. The number of likely N-dealkylation sites (N-methyl/N-ethyl adjacent to an activating group) is 1. The van der Waals surface area contributed by atoms with Crippen molar-refractivity contribution in [3.63, 3.8) is 0 Å². The van der Waals surface area contributed by atoms with Crippen molar-refractivity contribution in [3.05, 3.63) is 28.8 Å². The summed E-state index contributed by atoms with van der Waals surface area (Å²) in [6.45, 7) is 0. The van der Waals surface area contributed by atoms with E-state index in [1.165, 1.54) is 37.7 Å². The molecular formula is C15H21NO. The van der Waals surface area contributed by atoms with Gasteiger partial charge in [0.25, 0.3) is 0 Å². The predicted molar refractivity (Wildman–Crippen MR) is 69.8 cm³/mol. The minimum Gasteiger partial charge on any atom is -0.496 e. The van der Waals surface area contributed by atoms with Gasteiger partial charge in [0.15, 0.2) is 0 Å². The number of aryl methyl sites for hydroxylation is 1. The van der Waals surface area contributed by atoms with Gasteiger partial charge in [0.05, 0.1) is 7.11 Å². The molecule has 0 saturated carbocycles. The molecule has 0 bridgehead atoms.